The van der Waals surface area contributed by atoms with Crippen LogP contribution in [0.4, 0.5) is 5.82 Å². The van der Waals surface area contributed by atoms with Crippen LogP contribution in [0, 0.1) is 0 Å². The van der Waals surface area contributed by atoms with E-state index in [4.69, 9.17) is 9.47 Å². The number of thiazole rings is 1. The van der Waals surface area contributed by atoms with Gasteiger partial charge in [0.05, 0.1) is 13.2 Å². The summed E-state index contributed by atoms with van der Waals surface area (Å²) in [5.41, 5.74) is 0. The van der Waals surface area contributed by atoms with E-state index in [2.05, 4.69) is 15.2 Å². The highest BCUT2D eigenvalue weighted by molar-refractivity contribution is 7.14. The standard InChI is InChI=1S/C16H27N3O3S/c1-3-22-16(20)14-15(17-8-7-11-21-2)18-13(23-14)12-19-9-5-4-6-10-19/h17H,3-12H2,1-2H3. The van der Waals surface area contributed by atoms with Crippen LogP contribution < -0.4 is 5.32 Å². The average molecular weight is 341 g/mol. The highest BCUT2D eigenvalue weighted by Crippen LogP contribution is 2.26. The Morgan fingerprint density at radius 3 is 2.83 bits per heavy atom. The molecule has 1 N–H and O–H groups in total. The van der Waals surface area contributed by atoms with Gasteiger partial charge in [0.15, 0.2) is 10.7 Å². The fourth-order valence-corrected chi connectivity index (χ4v) is 3.60. The highest BCUT2D eigenvalue weighted by atomic mass is 32.1. The minimum atomic E-state index is -0.288. The molecule has 1 aliphatic heterocycles. The molecule has 1 aliphatic rings. The van der Waals surface area contributed by atoms with Gasteiger partial charge >= 0.3 is 5.97 Å². The number of nitrogens with one attached hydrogen (secondary N) is 1. The molecule has 0 aliphatic carbocycles. The molecule has 2 rings (SSSR count). The number of esters is 1. The van der Waals surface area contributed by atoms with E-state index in [1.54, 1.807) is 7.11 Å². The Hall–Kier alpha value is -1.18. The molecule has 0 radical (unpaired) electrons. The summed E-state index contributed by atoms with van der Waals surface area (Å²) in [5, 5.41) is 4.22. The molecule has 0 atom stereocenters. The summed E-state index contributed by atoms with van der Waals surface area (Å²) in [4.78, 5) is 19.7. The van der Waals surface area contributed by atoms with Crippen LogP contribution in [0.15, 0.2) is 0 Å². The number of rotatable bonds is 9. The molecule has 1 fully saturated rings. The van der Waals surface area contributed by atoms with Gasteiger partial charge in [-0.25, -0.2) is 9.78 Å². The second-order valence-corrected chi connectivity index (χ2v) is 6.70. The minimum Gasteiger partial charge on any atom is -0.462 e. The van der Waals surface area contributed by atoms with Crippen molar-refractivity contribution in [2.45, 2.75) is 39.2 Å². The van der Waals surface area contributed by atoms with Crippen molar-refractivity contribution in [2.75, 3.05) is 45.3 Å². The van der Waals surface area contributed by atoms with E-state index in [9.17, 15) is 4.79 Å². The molecule has 0 amide bonds. The zero-order valence-corrected chi connectivity index (χ0v) is 14.9. The molecule has 23 heavy (non-hydrogen) atoms. The largest absolute Gasteiger partial charge is 0.462 e. The lowest BCUT2D eigenvalue weighted by Gasteiger charge is -2.25. The summed E-state index contributed by atoms with van der Waals surface area (Å²) in [6.07, 6.45) is 4.68. The van der Waals surface area contributed by atoms with Gasteiger partial charge in [-0.2, -0.15) is 0 Å². The van der Waals surface area contributed by atoms with E-state index in [0.29, 0.717) is 23.9 Å². The average Bonchev–Trinajstić information content (AvgIpc) is 2.96. The Labute approximate surface area is 142 Å². The molecule has 0 saturated carbocycles. The van der Waals surface area contributed by atoms with Crippen molar-refractivity contribution < 1.29 is 14.3 Å². The zero-order chi connectivity index (χ0) is 16.5. The van der Waals surface area contributed by atoms with Gasteiger partial charge in [0.1, 0.15) is 5.01 Å². The predicted molar refractivity (Wildman–Crippen MR) is 92.2 cm³/mol. The van der Waals surface area contributed by atoms with Gasteiger partial charge in [0.25, 0.3) is 0 Å². The van der Waals surface area contributed by atoms with Crippen LogP contribution in [0.2, 0.25) is 0 Å². The smallest absolute Gasteiger partial charge is 0.352 e. The van der Waals surface area contributed by atoms with E-state index in [0.717, 1.165) is 37.6 Å². The number of piperidine rings is 1. The molecule has 0 spiro atoms. The number of nitrogens with zero attached hydrogens (tertiary/aromatic N) is 2. The van der Waals surface area contributed by atoms with E-state index in [-0.39, 0.29) is 5.97 Å². The molecule has 6 nitrogen and oxygen atoms in total. The zero-order valence-electron chi connectivity index (χ0n) is 14.1. The fourth-order valence-electron chi connectivity index (χ4n) is 2.62. The van der Waals surface area contributed by atoms with Crippen LogP contribution in [-0.4, -0.2) is 55.8 Å². The van der Waals surface area contributed by atoms with Gasteiger partial charge in [-0.05, 0) is 39.3 Å². The van der Waals surface area contributed by atoms with Crippen LogP contribution >= 0.6 is 11.3 Å². The molecule has 0 unspecified atom stereocenters. The van der Waals surface area contributed by atoms with Gasteiger partial charge in [-0.15, -0.1) is 11.3 Å². The number of aromatic nitrogens is 1. The molecule has 7 heteroatoms. The maximum atomic E-state index is 12.1. The molecule has 0 aromatic carbocycles. The van der Waals surface area contributed by atoms with Crippen LogP contribution in [-0.2, 0) is 16.0 Å². The number of ether oxygens (including phenoxy) is 2. The van der Waals surface area contributed by atoms with Crippen molar-refractivity contribution in [1.82, 2.24) is 9.88 Å². The second kappa shape index (κ2) is 9.85. The lowest BCUT2D eigenvalue weighted by Crippen LogP contribution is -2.29. The second-order valence-electron chi connectivity index (χ2n) is 5.62. The van der Waals surface area contributed by atoms with Gasteiger partial charge in [0, 0.05) is 20.3 Å². The van der Waals surface area contributed by atoms with Crippen molar-refractivity contribution in [3.8, 4) is 0 Å². The predicted octanol–water partition coefficient (Wildman–Crippen LogP) is 2.75. The summed E-state index contributed by atoms with van der Waals surface area (Å²) >= 11 is 1.44. The van der Waals surface area contributed by atoms with Gasteiger partial charge in [-0.1, -0.05) is 6.42 Å². The van der Waals surface area contributed by atoms with Gasteiger partial charge in [-0.3, -0.25) is 4.90 Å². The Kier molecular flexibility index (Phi) is 7.78. The first-order valence-corrected chi connectivity index (χ1v) is 9.18. The van der Waals surface area contributed by atoms with Crippen molar-refractivity contribution in [3.63, 3.8) is 0 Å². The Morgan fingerprint density at radius 1 is 1.35 bits per heavy atom. The number of hydrogen-bond acceptors (Lipinski definition) is 7. The van der Waals surface area contributed by atoms with E-state index in [1.165, 1.54) is 30.6 Å². The van der Waals surface area contributed by atoms with Crippen molar-refractivity contribution in [1.29, 1.82) is 0 Å². The minimum absolute atomic E-state index is 0.288. The normalized spacial score (nSPS) is 15.6. The molecular formula is C16H27N3O3S. The molecule has 1 aromatic rings. The highest BCUT2D eigenvalue weighted by Gasteiger charge is 2.21. The van der Waals surface area contributed by atoms with Crippen LogP contribution in [0.3, 0.4) is 0 Å². The Balaban J connectivity index is 2.02. The number of likely N-dealkylation sites (tertiary alicyclic amines) is 1. The first kappa shape index (κ1) is 18.2. The number of hydrogen-bond donors (Lipinski definition) is 1. The van der Waals surface area contributed by atoms with Crippen LogP contribution in [0.25, 0.3) is 0 Å². The monoisotopic (exact) mass is 341 g/mol. The first-order valence-electron chi connectivity index (χ1n) is 8.36. The molecule has 2 heterocycles. The molecule has 1 aromatic heterocycles. The summed E-state index contributed by atoms with van der Waals surface area (Å²) in [6, 6.07) is 0. The van der Waals surface area contributed by atoms with E-state index >= 15 is 0 Å². The molecule has 130 valence electrons. The van der Waals surface area contributed by atoms with E-state index in [1.807, 2.05) is 6.92 Å². The van der Waals surface area contributed by atoms with Crippen molar-refractivity contribution >= 4 is 23.1 Å². The lowest BCUT2D eigenvalue weighted by molar-refractivity contribution is 0.0533. The third kappa shape index (κ3) is 5.75. The summed E-state index contributed by atoms with van der Waals surface area (Å²) in [6.45, 7) is 6.66. The number of carbonyl (C=O) groups is 1. The van der Waals surface area contributed by atoms with Crippen LogP contribution in [0.1, 0.15) is 47.3 Å². The number of methoxy groups -OCH3 is 1. The summed E-state index contributed by atoms with van der Waals surface area (Å²) < 4.78 is 10.2. The van der Waals surface area contributed by atoms with Gasteiger partial charge < -0.3 is 14.8 Å². The summed E-state index contributed by atoms with van der Waals surface area (Å²) in [5.74, 6) is 0.362. The topological polar surface area (TPSA) is 63.7 Å². The SMILES string of the molecule is CCOC(=O)c1sc(CN2CCCCC2)nc1NCCCOC. The molecular weight excluding hydrogens is 314 g/mol. The molecule has 0 bridgehead atoms. The number of carbonyl (C=O) groups excluding carboxylic acids is 1. The first-order chi connectivity index (χ1) is 11.2. The lowest BCUT2D eigenvalue weighted by atomic mass is 10.1. The maximum Gasteiger partial charge on any atom is 0.352 e. The van der Waals surface area contributed by atoms with Crippen LogP contribution in [0.5, 0.6) is 0 Å². The van der Waals surface area contributed by atoms with Crippen molar-refractivity contribution in [3.05, 3.63) is 9.88 Å². The number of anilines is 1. The van der Waals surface area contributed by atoms with Gasteiger partial charge in [0.2, 0.25) is 0 Å². The van der Waals surface area contributed by atoms with Crippen molar-refractivity contribution in [2.24, 2.45) is 0 Å². The third-order valence-corrected chi connectivity index (χ3v) is 4.78. The molecule has 1 saturated heterocycles. The Bertz CT molecular complexity index is 487. The fraction of sp³-hybridized carbons (Fsp3) is 0.750. The quantitative estimate of drug-likeness (QED) is 0.550. The third-order valence-electron chi connectivity index (χ3n) is 3.76. The van der Waals surface area contributed by atoms with E-state index < -0.39 is 0 Å². The summed E-state index contributed by atoms with van der Waals surface area (Å²) in [7, 11) is 1.68. The Morgan fingerprint density at radius 2 is 2.13 bits per heavy atom. The maximum absolute atomic E-state index is 12.1.